The summed E-state index contributed by atoms with van der Waals surface area (Å²) >= 11 is 0. The van der Waals surface area contributed by atoms with E-state index in [2.05, 4.69) is 16.8 Å². The molecule has 1 fully saturated rings. The number of hydrogen-bond donors (Lipinski definition) is 1. The number of nitrogens with zero attached hydrogens (tertiary/aromatic N) is 1. The first-order valence-electron chi connectivity index (χ1n) is 4.47. The average Bonchev–Trinajstić information content (AvgIpc) is 2.98. The molecule has 0 aromatic carbocycles. The fraction of sp³-hybridized carbons (Fsp3) is 0.273. The molecule has 1 aromatic rings. The van der Waals surface area contributed by atoms with Gasteiger partial charge in [-0.1, -0.05) is 5.92 Å². The second-order valence-electron chi connectivity index (χ2n) is 3.25. The molecule has 0 spiro atoms. The summed E-state index contributed by atoms with van der Waals surface area (Å²) in [5, 5.41) is 8.84. The van der Waals surface area contributed by atoms with Crippen molar-refractivity contribution in [3.05, 3.63) is 29.6 Å². The second kappa shape index (κ2) is 3.51. The van der Waals surface area contributed by atoms with Crippen molar-refractivity contribution in [1.82, 2.24) is 4.98 Å². The fourth-order valence-corrected chi connectivity index (χ4v) is 1.08. The van der Waals surface area contributed by atoms with Crippen LogP contribution in [0.4, 0.5) is 0 Å². The van der Waals surface area contributed by atoms with E-state index < -0.39 is 5.97 Å². The highest BCUT2D eigenvalue weighted by atomic mass is 16.4. The number of hydrogen-bond acceptors (Lipinski definition) is 2. The molecular weight excluding hydrogens is 178 g/mol. The lowest BCUT2D eigenvalue weighted by molar-refractivity contribution is 0.0696. The molecule has 0 radical (unpaired) electrons. The Morgan fingerprint density at radius 3 is 3.00 bits per heavy atom. The lowest BCUT2D eigenvalue weighted by Crippen LogP contribution is -2.01. The highest BCUT2D eigenvalue weighted by molar-refractivity contribution is 5.89. The number of aromatic carboxylic acids is 1. The summed E-state index contributed by atoms with van der Waals surface area (Å²) in [6, 6.07) is 3.12. The standard InChI is InChI=1S/C11H9NO2/c13-11(14)9-2-1-7-12-10(9)6-5-8-3-4-8/h1-2,7-8H,3-4H2,(H,13,14). The Morgan fingerprint density at radius 1 is 1.57 bits per heavy atom. The Kier molecular flexibility index (Phi) is 2.19. The Balaban J connectivity index is 2.32. The maximum absolute atomic E-state index is 10.8. The number of carbonyl (C=O) groups is 1. The van der Waals surface area contributed by atoms with Crippen LogP contribution in [0.2, 0.25) is 0 Å². The van der Waals surface area contributed by atoms with Crippen molar-refractivity contribution in [2.75, 3.05) is 0 Å². The smallest absolute Gasteiger partial charge is 0.338 e. The van der Waals surface area contributed by atoms with E-state index in [1.165, 1.54) is 6.07 Å². The summed E-state index contributed by atoms with van der Waals surface area (Å²) in [7, 11) is 0. The average molecular weight is 187 g/mol. The van der Waals surface area contributed by atoms with Crippen molar-refractivity contribution in [2.24, 2.45) is 5.92 Å². The lowest BCUT2D eigenvalue weighted by Gasteiger charge is -1.95. The number of pyridine rings is 1. The highest BCUT2D eigenvalue weighted by Crippen LogP contribution is 2.27. The zero-order chi connectivity index (χ0) is 9.97. The van der Waals surface area contributed by atoms with Gasteiger partial charge in [-0.3, -0.25) is 0 Å². The van der Waals surface area contributed by atoms with Crippen LogP contribution in [-0.4, -0.2) is 16.1 Å². The van der Waals surface area contributed by atoms with Crippen LogP contribution in [0.15, 0.2) is 18.3 Å². The van der Waals surface area contributed by atoms with Crippen molar-refractivity contribution in [2.45, 2.75) is 12.8 Å². The van der Waals surface area contributed by atoms with Crippen LogP contribution in [0, 0.1) is 17.8 Å². The highest BCUT2D eigenvalue weighted by Gasteiger charge is 2.18. The van der Waals surface area contributed by atoms with Crippen molar-refractivity contribution >= 4 is 5.97 Å². The van der Waals surface area contributed by atoms with Gasteiger partial charge in [0.1, 0.15) is 5.69 Å². The third kappa shape index (κ3) is 1.91. The molecule has 70 valence electrons. The van der Waals surface area contributed by atoms with Crippen LogP contribution < -0.4 is 0 Å². The van der Waals surface area contributed by atoms with Crippen molar-refractivity contribution < 1.29 is 9.90 Å². The van der Waals surface area contributed by atoms with Gasteiger partial charge in [-0.05, 0) is 30.9 Å². The van der Waals surface area contributed by atoms with Crippen LogP contribution in [-0.2, 0) is 0 Å². The first kappa shape index (κ1) is 8.76. The molecule has 0 amide bonds. The minimum Gasteiger partial charge on any atom is -0.478 e. The maximum atomic E-state index is 10.8. The number of aromatic nitrogens is 1. The van der Waals surface area contributed by atoms with E-state index in [9.17, 15) is 4.79 Å². The Morgan fingerprint density at radius 2 is 2.36 bits per heavy atom. The number of rotatable bonds is 1. The molecule has 2 rings (SSSR count). The molecule has 3 nitrogen and oxygen atoms in total. The van der Waals surface area contributed by atoms with Gasteiger partial charge >= 0.3 is 5.97 Å². The van der Waals surface area contributed by atoms with E-state index in [4.69, 9.17) is 5.11 Å². The maximum Gasteiger partial charge on any atom is 0.338 e. The molecule has 1 aromatic heterocycles. The van der Waals surface area contributed by atoms with Crippen LogP contribution in [0.25, 0.3) is 0 Å². The third-order valence-corrected chi connectivity index (χ3v) is 2.01. The van der Waals surface area contributed by atoms with Crippen LogP contribution in [0.1, 0.15) is 28.9 Å². The Hall–Kier alpha value is -1.82. The molecule has 1 heterocycles. The fourth-order valence-electron chi connectivity index (χ4n) is 1.08. The summed E-state index contributed by atoms with van der Waals surface area (Å²) in [4.78, 5) is 14.7. The zero-order valence-corrected chi connectivity index (χ0v) is 7.53. The molecule has 0 unspecified atom stereocenters. The molecular formula is C11H9NO2. The van der Waals surface area contributed by atoms with Gasteiger partial charge in [0.15, 0.2) is 0 Å². The molecule has 3 heteroatoms. The molecule has 0 bridgehead atoms. The van der Waals surface area contributed by atoms with Gasteiger partial charge in [0.05, 0.1) is 5.56 Å². The summed E-state index contributed by atoms with van der Waals surface area (Å²) in [5.74, 6) is 5.29. The lowest BCUT2D eigenvalue weighted by atomic mass is 10.2. The first-order chi connectivity index (χ1) is 6.77. The number of carboxylic acids is 1. The Labute approximate surface area is 81.8 Å². The molecule has 1 aliphatic rings. The quantitative estimate of drug-likeness (QED) is 0.678. The molecule has 1 N–H and O–H groups in total. The Bertz CT molecular complexity index is 424. The molecule has 1 aliphatic carbocycles. The molecule has 0 aliphatic heterocycles. The van der Waals surface area contributed by atoms with Crippen molar-refractivity contribution in [3.63, 3.8) is 0 Å². The van der Waals surface area contributed by atoms with Gasteiger partial charge in [-0.15, -0.1) is 0 Å². The molecule has 0 atom stereocenters. The molecule has 14 heavy (non-hydrogen) atoms. The monoisotopic (exact) mass is 187 g/mol. The predicted molar refractivity (Wildman–Crippen MR) is 50.8 cm³/mol. The minimum atomic E-state index is -0.974. The van der Waals surface area contributed by atoms with Gasteiger partial charge in [0.2, 0.25) is 0 Å². The van der Waals surface area contributed by atoms with Gasteiger partial charge in [0.25, 0.3) is 0 Å². The van der Waals surface area contributed by atoms with Crippen LogP contribution in [0.5, 0.6) is 0 Å². The number of carboxylic acid groups (broad SMARTS) is 1. The first-order valence-corrected chi connectivity index (χ1v) is 4.47. The topological polar surface area (TPSA) is 50.2 Å². The third-order valence-electron chi connectivity index (χ3n) is 2.01. The van der Waals surface area contributed by atoms with E-state index in [0.29, 0.717) is 11.6 Å². The summed E-state index contributed by atoms with van der Waals surface area (Å²) in [6.07, 6.45) is 3.81. The zero-order valence-electron chi connectivity index (χ0n) is 7.53. The van der Waals surface area contributed by atoms with Gasteiger partial charge in [-0.2, -0.15) is 0 Å². The van der Waals surface area contributed by atoms with Gasteiger partial charge in [-0.25, -0.2) is 9.78 Å². The van der Waals surface area contributed by atoms with E-state index in [1.54, 1.807) is 12.3 Å². The van der Waals surface area contributed by atoms with E-state index in [1.807, 2.05) is 0 Å². The van der Waals surface area contributed by atoms with E-state index >= 15 is 0 Å². The van der Waals surface area contributed by atoms with Gasteiger partial charge in [0, 0.05) is 12.1 Å². The SMILES string of the molecule is O=C(O)c1cccnc1C#CC1CC1. The van der Waals surface area contributed by atoms with E-state index in [-0.39, 0.29) is 5.56 Å². The van der Waals surface area contributed by atoms with Crippen molar-refractivity contribution in [1.29, 1.82) is 0 Å². The second-order valence-corrected chi connectivity index (χ2v) is 3.25. The normalized spacial score (nSPS) is 14.3. The minimum absolute atomic E-state index is 0.181. The summed E-state index contributed by atoms with van der Waals surface area (Å²) < 4.78 is 0. The predicted octanol–water partition coefficient (Wildman–Crippen LogP) is 1.54. The van der Waals surface area contributed by atoms with Crippen LogP contribution >= 0.6 is 0 Å². The summed E-state index contributed by atoms with van der Waals surface area (Å²) in [5.41, 5.74) is 0.549. The largest absolute Gasteiger partial charge is 0.478 e. The summed E-state index contributed by atoms with van der Waals surface area (Å²) in [6.45, 7) is 0. The van der Waals surface area contributed by atoms with Gasteiger partial charge < -0.3 is 5.11 Å². The van der Waals surface area contributed by atoms with Crippen LogP contribution in [0.3, 0.4) is 0 Å². The molecule has 0 saturated heterocycles. The molecule has 1 saturated carbocycles. The van der Waals surface area contributed by atoms with Crippen molar-refractivity contribution in [3.8, 4) is 11.8 Å². The van der Waals surface area contributed by atoms with E-state index in [0.717, 1.165) is 12.8 Å².